The monoisotopic (exact) mass is 1700 g/mol. The largest absolute Gasteiger partial charge is 0.508 e. The average Bonchev–Trinajstić information content (AvgIpc) is 0.754. The van der Waals surface area contributed by atoms with Gasteiger partial charge in [-0.2, -0.15) is 0 Å². The van der Waals surface area contributed by atoms with Gasteiger partial charge < -0.3 is 133 Å². The molecule has 6 aliphatic heterocycles. The summed E-state index contributed by atoms with van der Waals surface area (Å²) in [5.41, 5.74) is -2.29. The lowest BCUT2D eigenvalue weighted by molar-refractivity contribution is -0.277. The smallest absolute Gasteiger partial charge is 0.325 e. The maximum absolute atomic E-state index is 16.5. The van der Waals surface area contributed by atoms with Crippen LogP contribution < -0.4 is 87.5 Å². The van der Waals surface area contributed by atoms with Gasteiger partial charge in [-0.15, -0.1) is 0 Å². The minimum absolute atomic E-state index is 0.00843. The van der Waals surface area contributed by atoms with Crippen molar-refractivity contribution in [1.82, 2.24) is 58.5 Å². The summed E-state index contributed by atoms with van der Waals surface area (Å²) >= 11 is 14.3. The molecule has 0 radical (unpaired) electrons. The molecule has 642 valence electrons. The molecular weight excluding hydrogens is 1610 g/mol. The Hall–Kier alpha value is -10.9. The number of carbonyl (C=O) groups excluding carboxylic acids is 9. The highest BCUT2D eigenvalue weighted by molar-refractivity contribution is 6.32. The van der Waals surface area contributed by atoms with E-state index < -0.39 is 197 Å². The number of urea groups is 1. The van der Waals surface area contributed by atoms with E-state index in [2.05, 4.69) is 63.8 Å². The number of hydrogen-bond acceptors (Lipinski definition) is 27. The summed E-state index contributed by atoms with van der Waals surface area (Å²) in [5.74, 6) is -13.5. The molecule has 0 aromatic heterocycles. The lowest BCUT2D eigenvalue weighted by Crippen LogP contribution is -2.60. The third-order valence-electron chi connectivity index (χ3n) is 22.6. The number of phenols is 3. The van der Waals surface area contributed by atoms with Crippen LogP contribution >= 0.6 is 23.2 Å². The summed E-state index contributed by atoms with van der Waals surface area (Å²) in [6, 6.07) is 2.89. The maximum atomic E-state index is 16.5. The van der Waals surface area contributed by atoms with Crippen molar-refractivity contribution in [3.63, 3.8) is 0 Å². The van der Waals surface area contributed by atoms with E-state index in [9.17, 15) is 60.3 Å². The number of likely N-dealkylation sites (N-methyl/N-ethyl adjacent to an activating group) is 3. The number of carbonyl (C=O) groups is 9. The van der Waals surface area contributed by atoms with Gasteiger partial charge in [0.15, 0.2) is 11.5 Å². The zero-order valence-corrected chi connectivity index (χ0v) is 67.2. The first-order chi connectivity index (χ1) is 57.4. The van der Waals surface area contributed by atoms with Gasteiger partial charge in [-0.05, 0) is 184 Å². The number of aliphatic hydroxyl groups is 6. The SMILES string of the molecule is CNCCOc1ccc(OCCNC)c(NC(=O)NC(=O)C[C@@H]2NC(=O)[C@H](NC(=O)[C@@H](CC(C)C)NC)[C@H](O)c3ccc(c(Cl)c3)Oc3cc4cc(c3O[C@@H]3O[C@H](CO)[C@@H](O)[C@H](O)[C@H]3O)Oc3ccc(cc3Cl)[C@@H](O)[C@@H]3NC(=O)[C@H](NC(=O)[C@@H]4NC2=O)c2ccc(O)c(c2)-c2c(O)cc(O)cc2[C@@H](C(=O)NC2C4CC5CC(C4)CC2C5)NC3=O)c1. The topological polar surface area (TPSA) is 535 Å². The van der Waals surface area contributed by atoms with E-state index in [1.54, 1.807) is 20.2 Å². The van der Waals surface area contributed by atoms with E-state index in [1.807, 2.05) is 13.8 Å². The number of benzene rings is 6. The van der Waals surface area contributed by atoms with Gasteiger partial charge in [-0.3, -0.25) is 43.7 Å². The number of ether oxygens (including phenoxy) is 6. The molecule has 5 fully saturated rings. The quantitative estimate of drug-likeness (QED) is 0.0461. The number of anilines is 1. The number of aromatic hydroxyl groups is 3. The summed E-state index contributed by atoms with van der Waals surface area (Å²) in [6.45, 7) is 3.73. The lowest BCUT2D eigenvalue weighted by Gasteiger charge is -2.54. The molecule has 10 amide bonds. The normalized spacial score (nSPS) is 27.2. The summed E-state index contributed by atoms with van der Waals surface area (Å²) in [5, 5.41) is 136. The maximum Gasteiger partial charge on any atom is 0.325 e. The molecule has 16 rings (SSSR count). The molecule has 0 spiro atoms. The van der Waals surface area contributed by atoms with Crippen LogP contribution in [0.3, 0.4) is 0 Å². The zero-order valence-electron chi connectivity index (χ0n) is 65.7. The van der Waals surface area contributed by atoms with Gasteiger partial charge in [0.05, 0.1) is 34.8 Å². The highest BCUT2D eigenvalue weighted by atomic mass is 35.5. The Morgan fingerprint density at radius 3 is 1.84 bits per heavy atom. The Morgan fingerprint density at radius 2 is 1.22 bits per heavy atom. The molecule has 1 saturated heterocycles. The second-order valence-electron chi connectivity index (χ2n) is 31.4. The Balaban J connectivity index is 0.987. The molecule has 4 saturated carbocycles. The van der Waals surface area contributed by atoms with Gasteiger partial charge >= 0.3 is 6.03 Å². The molecule has 15 bridgehead atoms. The van der Waals surface area contributed by atoms with Gasteiger partial charge in [0, 0.05) is 42.4 Å². The Labute approximate surface area is 697 Å². The molecule has 36 nitrogen and oxygen atoms in total. The van der Waals surface area contributed by atoms with Crippen LogP contribution in [0.15, 0.2) is 97.1 Å². The van der Waals surface area contributed by atoms with E-state index in [4.69, 9.17) is 51.6 Å². The van der Waals surface area contributed by atoms with Crippen LogP contribution in [0.5, 0.6) is 57.5 Å². The second-order valence-corrected chi connectivity index (χ2v) is 32.2. The first-order valence-corrected chi connectivity index (χ1v) is 40.1. The van der Waals surface area contributed by atoms with Crippen LogP contribution in [0.25, 0.3) is 11.1 Å². The van der Waals surface area contributed by atoms with Crippen LogP contribution in [0.4, 0.5) is 10.5 Å². The van der Waals surface area contributed by atoms with Crippen LogP contribution in [0.2, 0.25) is 10.0 Å². The zero-order chi connectivity index (χ0) is 85.8. The van der Waals surface area contributed by atoms with E-state index in [1.165, 1.54) is 37.4 Å². The average molecular weight is 1700 g/mol. The minimum atomic E-state index is -2.42. The van der Waals surface area contributed by atoms with Crippen molar-refractivity contribution in [2.75, 3.05) is 59.4 Å². The number of hydrogen-bond donors (Lipinski definition) is 21. The van der Waals surface area contributed by atoms with Crippen LogP contribution in [0.1, 0.15) is 117 Å². The summed E-state index contributed by atoms with van der Waals surface area (Å²) < 4.78 is 37.3. The molecule has 120 heavy (non-hydrogen) atoms. The van der Waals surface area contributed by atoms with Gasteiger partial charge in [0.1, 0.15) is 126 Å². The molecule has 14 atom stereocenters. The number of amides is 10. The molecule has 4 aliphatic carbocycles. The van der Waals surface area contributed by atoms with Crippen molar-refractivity contribution in [2.24, 2.45) is 29.6 Å². The van der Waals surface area contributed by atoms with E-state index >= 15 is 28.8 Å². The van der Waals surface area contributed by atoms with Crippen molar-refractivity contribution in [3.8, 4) is 68.6 Å². The van der Waals surface area contributed by atoms with Crippen molar-refractivity contribution < 1.29 is 118 Å². The van der Waals surface area contributed by atoms with Crippen LogP contribution in [-0.2, 0) is 43.1 Å². The van der Waals surface area contributed by atoms with Crippen molar-refractivity contribution in [2.45, 2.75) is 150 Å². The number of imide groups is 1. The van der Waals surface area contributed by atoms with Gasteiger partial charge in [-0.1, -0.05) is 55.2 Å². The predicted octanol–water partition coefficient (Wildman–Crippen LogP) is 2.78. The van der Waals surface area contributed by atoms with Crippen molar-refractivity contribution in [1.29, 1.82) is 0 Å². The first kappa shape index (κ1) is 87.0. The Kier molecular flexibility index (Phi) is 27.1. The molecule has 10 aliphatic rings. The number of phenolic OH excluding ortho intramolecular Hbond substituents is 3. The number of aliphatic hydroxyl groups excluding tert-OH is 6. The standard InChI is InChI=1S/C82H96Cl2N12O24/c1-34(2)18-50(87-5)74(107)95-66-68(102)38-7-11-54(47(83)25-38)117-57-27-42-28-58(73(57)120-81-72(106)71(105)70(104)59(33-97)119-81)118-55-12-8-39(26-48(55)84)69(103)67-80(113)94-65(78(111)91-62-40-20-35-19-36(22-40)23-41(62)21-35)46-29-43(98)30-53(100)61(46)45-24-37(6-10-52(45)99)63(76(109)96-67)93-77(110)64(42)92-75(108)51(88-79(66)112)32-60(101)90-82(114)89-49-31-44(115-16-14-85-3)9-13-56(49)116-17-15-86-4/h6-13,24-31,34-36,40-41,50-51,59,62-72,81,85-87,97-100,102-106H,14-23,32-33H2,1-5H3,(H,88,112)(H,91,111)(H,92,108)(H,93,110)(H,94,113)(H,95,107)(H,96,109)(H2,89,90,101,114)/t35?,36?,40?,41?,50-,51+,59-,62?,63-,64-,65+,66-,67+,68-,69-,70-,71+,72-,81+/m1/s1. The van der Waals surface area contributed by atoms with Crippen molar-refractivity contribution in [3.05, 3.63) is 135 Å². The molecule has 6 aromatic carbocycles. The lowest BCUT2D eigenvalue weighted by atomic mass is 9.54. The fourth-order valence-electron chi connectivity index (χ4n) is 16.8. The second kappa shape index (κ2) is 37.4. The highest BCUT2D eigenvalue weighted by Crippen LogP contribution is 2.55. The first-order valence-electron chi connectivity index (χ1n) is 39.3. The van der Waals surface area contributed by atoms with Gasteiger partial charge in [-0.25, -0.2) is 4.79 Å². The third kappa shape index (κ3) is 19.1. The number of fused-ring (bicyclic) bond motifs is 15. The fraction of sp³-hybridized carbons (Fsp3) is 0.451. The van der Waals surface area contributed by atoms with E-state index in [-0.39, 0.29) is 111 Å². The summed E-state index contributed by atoms with van der Waals surface area (Å²) in [7, 11) is 4.86. The molecular formula is C82H96Cl2N12O24. The predicted molar refractivity (Wildman–Crippen MR) is 427 cm³/mol. The summed E-state index contributed by atoms with van der Waals surface area (Å²) in [6.07, 6.45) is -11.0. The molecule has 0 unspecified atom stereocenters. The van der Waals surface area contributed by atoms with E-state index in [0.717, 1.165) is 92.8 Å². The van der Waals surface area contributed by atoms with Crippen molar-refractivity contribution >= 4 is 82.2 Å². The minimum Gasteiger partial charge on any atom is -0.508 e. The molecule has 6 aromatic rings. The third-order valence-corrected chi connectivity index (χ3v) is 23.2. The molecule has 38 heteroatoms. The summed E-state index contributed by atoms with van der Waals surface area (Å²) in [4.78, 5) is 139. The number of halogens is 2. The van der Waals surface area contributed by atoms with E-state index in [0.29, 0.717) is 24.9 Å². The number of rotatable bonds is 21. The van der Waals surface area contributed by atoms with Gasteiger partial charge in [0.25, 0.3) is 0 Å². The fourth-order valence-corrected chi connectivity index (χ4v) is 17.3. The Morgan fingerprint density at radius 1 is 0.600 bits per heavy atom. The number of nitrogens with one attached hydrogen (secondary N) is 12. The Bertz CT molecular complexity index is 4880. The van der Waals surface area contributed by atoms with Crippen LogP contribution in [-0.4, -0.2) is 214 Å². The van der Waals surface area contributed by atoms with Crippen LogP contribution in [0, 0.1) is 29.6 Å². The molecule has 6 heterocycles. The van der Waals surface area contributed by atoms with Gasteiger partial charge in [0.2, 0.25) is 59.3 Å². The highest BCUT2D eigenvalue weighted by Gasteiger charge is 2.51. The molecule has 21 N–H and O–H groups in total.